The van der Waals surface area contributed by atoms with Gasteiger partial charge in [-0.15, -0.1) is 0 Å². The Kier molecular flexibility index (Phi) is 1.68. The van der Waals surface area contributed by atoms with Crippen molar-refractivity contribution in [3.05, 3.63) is 70.8 Å². The average Bonchev–Trinajstić information content (AvgIpc) is 2.96. The highest BCUT2D eigenvalue weighted by molar-refractivity contribution is 5.95. The maximum absolute atomic E-state index is 12.5. The molecule has 0 unspecified atom stereocenters. The zero-order valence-corrected chi connectivity index (χ0v) is 11.2. The molecule has 0 spiro atoms. The van der Waals surface area contributed by atoms with Gasteiger partial charge in [0.1, 0.15) is 5.41 Å². The first-order valence-electron chi connectivity index (χ1n) is 7.08. The molecule has 0 N–H and O–H groups in total. The van der Waals surface area contributed by atoms with E-state index in [2.05, 4.69) is 42.5 Å². The summed E-state index contributed by atoms with van der Waals surface area (Å²) in [5.41, 5.74) is 4.88. The lowest BCUT2D eigenvalue weighted by Crippen LogP contribution is -2.25. The Bertz CT molecular complexity index is 764. The summed E-state index contributed by atoms with van der Waals surface area (Å²) >= 11 is 0. The molecule has 20 heavy (non-hydrogen) atoms. The maximum atomic E-state index is 12.5. The van der Waals surface area contributed by atoms with Gasteiger partial charge in [0.05, 0.1) is 7.11 Å². The Morgan fingerprint density at radius 1 is 1.00 bits per heavy atom. The van der Waals surface area contributed by atoms with Crippen LogP contribution in [0.3, 0.4) is 0 Å². The van der Waals surface area contributed by atoms with Gasteiger partial charge >= 0.3 is 5.97 Å². The normalized spacial score (nSPS) is 34.1. The van der Waals surface area contributed by atoms with Crippen LogP contribution in [0.4, 0.5) is 0 Å². The Balaban J connectivity index is 1.84. The number of carbonyl (C=O) groups is 1. The molecule has 0 aliphatic heterocycles. The van der Waals surface area contributed by atoms with Crippen LogP contribution in [0.25, 0.3) is 0 Å². The quantitative estimate of drug-likeness (QED) is 0.739. The van der Waals surface area contributed by atoms with Gasteiger partial charge in [-0.05, 0) is 28.2 Å². The second-order valence-corrected chi connectivity index (χ2v) is 6.06. The van der Waals surface area contributed by atoms with Crippen molar-refractivity contribution < 1.29 is 9.53 Å². The van der Waals surface area contributed by atoms with Crippen molar-refractivity contribution in [3.63, 3.8) is 0 Å². The molecule has 0 radical (unpaired) electrons. The number of methoxy groups -OCH3 is 1. The second kappa shape index (κ2) is 3.14. The third kappa shape index (κ3) is 0.866. The number of hydrogen-bond acceptors (Lipinski definition) is 2. The van der Waals surface area contributed by atoms with E-state index in [0.717, 1.165) is 0 Å². The molecule has 0 amide bonds. The van der Waals surface area contributed by atoms with Gasteiger partial charge in [0.25, 0.3) is 0 Å². The highest BCUT2D eigenvalue weighted by atomic mass is 16.5. The molecular weight excluding hydrogens is 248 g/mol. The lowest BCUT2D eigenvalue weighted by atomic mass is 9.90. The van der Waals surface area contributed by atoms with Gasteiger partial charge in [-0.2, -0.15) is 0 Å². The molecule has 3 aliphatic rings. The number of ether oxygens (including phenoxy) is 1. The molecule has 0 aromatic heterocycles. The average molecular weight is 262 g/mol. The van der Waals surface area contributed by atoms with Crippen LogP contribution in [0.15, 0.2) is 48.5 Å². The molecule has 4 atom stereocenters. The first kappa shape index (κ1) is 10.7. The number of fused-ring (bicyclic) bond motifs is 7. The van der Waals surface area contributed by atoms with Crippen LogP contribution in [-0.2, 0) is 14.9 Å². The number of hydrogen-bond donors (Lipinski definition) is 0. The highest BCUT2D eigenvalue weighted by Crippen LogP contribution is 2.81. The fraction of sp³-hybridized carbons (Fsp3) is 0.278. The van der Waals surface area contributed by atoms with Gasteiger partial charge in [-0.25, -0.2) is 0 Å². The lowest BCUT2D eigenvalue weighted by Gasteiger charge is -2.15. The molecule has 0 saturated heterocycles. The molecule has 2 aromatic rings. The summed E-state index contributed by atoms with van der Waals surface area (Å²) in [6, 6.07) is 17.0. The minimum atomic E-state index is -0.398. The summed E-state index contributed by atoms with van der Waals surface area (Å²) in [5.74, 6) is 1.03. The Labute approximate surface area is 117 Å². The van der Waals surface area contributed by atoms with Crippen LogP contribution < -0.4 is 0 Å². The molecule has 2 aromatic carbocycles. The number of carbonyl (C=O) groups excluding carboxylic acids is 1. The van der Waals surface area contributed by atoms with Gasteiger partial charge < -0.3 is 4.74 Å². The van der Waals surface area contributed by atoms with E-state index in [0.29, 0.717) is 17.8 Å². The van der Waals surface area contributed by atoms with Crippen molar-refractivity contribution in [1.29, 1.82) is 0 Å². The van der Waals surface area contributed by atoms with Crippen molar-refractivity contribution in [2.45, 2.75) is 17.3 Å². The zero-order chi connectivity index (χ0) is 13.5. The predicted octanol–water partition coefficient (Wildman–Crippen LogP) is 2.97. The Morgan fingerprint density at radius 2 is 1.65 bits per heavy atom. The monoisotopic (exact) mass is 262 g/mol. The van der Waals surface area contributed by atoms with E-state index in [1.807, 2.05) is 6.07 Å². The fourth-order valence-electron chi connectivity index (χ4n) is 4.97. The zero-order valence-electron chi connectivity index (χ0n) is 11.2. The summed E-state index contributed by atoms with van der Waals surface area (Å²) in [5, 5.41) is 0. The minimum absolute atomic E-state index is 0.0584. The van der Waals surface area contributed by atoms with Gasteiger partial charge in [-0.3, -0.25) is 4.79 Å². The van der Waals surface area contributed by atoms with Crippen LogP contribution in [0.5, 0.6) is 0 Å². The van der Waals surface area contributed by atoms with Crippen LogP contribution >= 0.6 is 0 Å². The van der Waals surface area contributed by atoms with Crippen LogP contribution in [-0.4, -0.2) is 13.1 Å². The molecule has 1 saturated carbocycles. The number of rotatable bonds is 1. The molecule has 5 rings (SSSR count). The largest absolute Gasteiger partial charge is 0.468 e. The molecule has 0 bridgehead atoms. The minimum Gasteiger partial charge on any atom is -0.468 e. The summed E-state index contributed by atoms with van der Waals surface area (Å²) in [4.78, 5) is 12.5. The first-order valence-corrected chi connectivity index (χ1v) is 7.08. The summed E-state index contributed by atoms with van der Waals surface area (Å²) in [7, 11) is 1.51. The third-order valence-corrected chi connectivity index (χ3v) is 5.56. The van der Waals surface area contributed by atoms with Crippen LogP contribution in [0.1, 0.15) is 34.1 Å². The van der Waals surface area contributed by atoms with Crippen molar-refractivity contribution in [2.24, 2.45) is 5.92 Å². The van der Waals surface area contributed by atoms with E-state index >= 15 is 0 Å². The predicted molar refractivity (Wildman–Crippen MR) is 74.7 cm³/mol. The molecule has 3 aliphatic carbocycles. The standard InChI is InChI=1S/C18H14O2/c1-20-17(19)18-13-9-5-4-8-12(13)14-10-6-2-3-7-11(10)15(18)16(14)18/h2-9,14-16H,1H3/t14-,15-,16+,18+/m0/s1. The topological polar surface area (TPSA) is 26.3 Å². The molecule has 0 heterocycles. The second-order valence-electron chi connectivity index (χ2n) is 6.06. The van der Waals surface area contributed by atoms with Crippen molar-refractivity contribution in [1.82, 2.24) is 0 Å². The van der Waals surface area contributed by atoms with Crippen LogP contribution in [0, 0.1) is 5.92 Å². The maximum Gasteiger partial charge on any atom is 0.317 e. The van der Waals surface area contributed by atoms with Gasteiger partial charge in [0.15, 0.2) is 0 Å². The van der Waals surface area contributed by atoms with Crippen molar-refractivity contribution >= 4 is 5.97 Å². The Morgan fingerprint density at radius 3 is 2.40 bits per heavy atom. The van der Waals surface area contributed by atoms with E-state index in [4.69, 9.17) is 4.74 Å². The lowest BCUT2D eigenvalue weighted by molar-refractivity contribution is -0.144. The van der Waals surface area contributed by atoms with E-state index in [1.54, 1.807) is 0 Å². The van der Waals surface area contributed by atoms with Crippen molar-refractivity contribution in [3.8, 4) is 0 Å². The molecule has 1 fully saturated rings. The van der Waals surface area contributed by atoms with E-state index in [-0.39, 0.29) is 5.97 Å². The van der Waals surface area contributed by atoms with Crippen molar-refractivity contribution in [2.75, 3.05) is 7.11 Å². The highest BCUT2D eigenvalue weighted by Gasteiger charge is 2.81. The number of benzene rings is 2. The summed E-state index contributed by atoms with van der Waals surface area (Å²) < 4.78 is 5.16. The fourth-order valence-corrected chi connectivity index (χ4v) is 4.97. The Hall–Kier alpha value is -2.09. The van der Waals surface area contributed by atoms with Gasteiger partial charge in [0, 0.05) is 11.8 Å². The summed E-state index contributed by atoms with van der Waals surface area (Å²) in [6.45, 7) is 0. The van der Waals surface area contributed by atoms with E-state index in [9.17, 15) is 4.79 Å². The van der Waals surface area contributed by atoms with E-state index < -0.39 is 5.41 Å². The van der Waals surface area contributed by atoms with Gasteiger partial charge in [0.2, 0.25) is 0 Å². The summed E-state index contributed by atoms with van der Waals surface area (Å²) in [6.07, 6.45) is 0. The third-order valence-electron chi connectivity index (χ3n) is 5.56. The van der Waals surface area contributed by atoms with Crippen LogP contribution in [0.2, 0.25) is 0 Å². The smallest absolute Gasteiger partial charge is 0.317 e. The SMILES string of the molecule is COC(=O)[C@]12c3ccccc3[C@@H]3c4ccccc4[C@H]1[C@@H]32. The first-order chi connectivity index (χ1) is 9.81. The molecule has 2 heteroatoms. The molecular formula is C18H14O2. The molecule has 2 nitrogen and oxygen atoms in total. The van der Waals surface area contributed by atoms with Gasteiger partial charge in [-0.1, -0.05) is 48.5 Å². The molecule has 98 valence electrons. The number of esters is 1. The van der Waals surface area contributed by atoms with E-state index in [1.165, 1.54) is 29.4 Å².